The molecule has 1 aliphatic rings. The number of benzene rings is 1. The molecule has 0 unspecified atom stereocenters. The van der Waals surface area contributed by atoms with Gasteiger partial charge in [-0.1, -0.05) is 23.2 Å². The molecule has 1 aliphatic carbocycles. The zero-order valence-electron chi connectivity index (χ0n) is 12.3. The van der Waals surface area contributed by atoms with Crippen molar-refractivity contribution in [3.05, 3.63) is 33.8 Å². The molecular formula is C16H22Cl2N2O. The molecule has 0 aliphatic heterocycles. The van der Waals surface area contributed by atoms with E-state index in [-0.39, 0.29) is 11.8 Å². The first kappa shape index (κ1) is 16.6. The van der Waals surface area contributed by atoms with Crippen molar-refractivity contribution >= 4 is 29.1 Å². The molecule has 1 amide bonds. The first-order chi connectivity index (χ1) is 9.99. The fourth-order valence-corrected chi connectivity index (χ4v) is 3.58. The third kappa shape index (κ3) is 4.60. The lowest BCUT2D eigenvalue weighted by Gasteiger charge is -2.30. The summed E-state index contributed by atoms with van der Waals surface area (Å²) in [5.74, 6) is 0.931. The second-order valence-corrected chi connectivity index (χ2v) is 6.80. The summed E-state index contributed by atoms with van der Waals surface area (Å²) in [5.41, 5.74) is 6.65. The van der Waals surface area contributed by atoms with E-state index in [0.717, 1.165) is 37.8 Å². The van der Waals surface area contributed by atoms with E-state index in [4.69, 9.17) is 28.9 Å². The van der Waals surface area contributed by atoms with Crippen LogP contribution in [0.25, 0.3) is 0 Å². The van der Waals surface area contributed by atoms with Gasteiger partial charge in [0.05, 0.1) is 0 Å². The summed E-state index contributed by atoms with van der Waals surface area (Å²) in [7, 11) is 1.84. The zero-order chi connectivity index (χ0) is 15.4. The van der Waals surface area contributed by atoms with Crippen LogP contribution < -0.4 is 5.73 Å². The van der Waals surface area contributed by atoms with Crippen LogP contribution in [0.15, 0.2) is 18.2 Å². The molecule has 1 aromatic rings. The average Bonchev–Trinajstić information content (AvgIpc) is 2.45. The number of amides is 1. The maximum Gasteiger partial charge on any atom is 0.225 e. The summed E-state index contributed by atoms with van der Waals surface area (Å²) in [6.45, 7) is 1.27. The van der Waals surface area contributed by atoms with Crippen LogP contribution in [-0.4, -0.2) is 24.4 Å². The predicted molar refractivity (Wildman–Crippen MR) is 87.4 cm³/mol. The average molecular weight is 329 g/mol. The van der Waals surface area contributed by atoms with Gasteiger partial charge in [-0.3, -0.25) is 4.79 Å². The minimum Gasteiger partial charge on any atom is -0.341 e. The van der Waals surface area contributed by atoms with Gasteiger partial charge in [0.15, 0.2) is 0 Å². The molecule has 1 saturated carbocycles. The van der Waals surface area contributed by atoms with E-state index in [1.165, 1.54) is 0 Å². The van der Waals surface area contributed by atoms with Crippen LogP contribution in [0.2, 0.25) is 10.0 Å². The van der Waals surface area contributed by atoms with E-state index in [1.807, 2.05) is 19.2 Å². The first-order valence-electron chi connectivity index (χ1n) is 7.39. The summed E-state index contributed by atoms with van der Waals surface area (Å²) in [5, 5.41) is 1.20. The molecular weight excluding hydrogens is 307 g/mol. The second kappa shape index (κ2) is 7.48. The summed E-state index contributed by atoms with van der Waals surface area (Å²) in [4.78, 5) is 14.3. The number of hydrogen-bond donors (Lipinski definition) is 1. The van der Waals surface area contributed by atoms with Crippen molar-refractivity contribution in [1.82, 2.24) is 4.90 Å². The van der Waals surface area contributed by atoms with E-state index in [1.54, 1.807) is 11.0 Å². The predicted octanol–water partition coefficient (Wildman–Crippen LogP) is 3.72. The smallest absolute Gasteiger partial charge is 0.225 e. The molecule has 0 saturated heterocycles. The molecule has 0 spiro atoms. The third-order valence-corrected chi connectivity index (χ3v) is 4.68. The molecule has 2 rings (SSSR count). The minimum atomic E-state index is 0.132. The summed E-state index contributed by atoms with van der Waals surface area (Å²) in [6, 6.07) is 5.40. The van der Waals surface area contributed by atoms with E-state index < -0.39 is 0 Å². The Bertz CT molecular complexity index is 479. The van der Waals surface area contributed by atoms with Gasteiger partial charge in [-0.2, -0.15) is 0 Å². The van der Waals surface area contributed by atoms with E-state index in [9.17, 15) is 4.79 Å². The Kier molecular flexibility index (Phi) is 5.91. The van der Waals surface area contributed by atoms with Crippen molar-refractivity contribution in [2.24, 2.45) is 17.6 Å². The Balaban J connectivity index is 1.93. The molecule has 2 N–H and O–H groups in total. The molecule has 3 nitrogen and oxygen atoms in total. The van der Waals surface area contributed by atoms with Gasteiger partial charge in [0, 0.05) is 29.6 Å². The molecule has 0 aromatic heterocycles. The first-order valence-corrected chi connectivity index (χ1v) is 8.15. The van der Waals surface area contributed by atoms with Crippen LogP contribution in [0.3, 0.4) is 0 Å². The van der Waals surface area contributed by atoms with Crippen molar-refractivity contribution in [2.45, 2.75) is 32.2 Å². The highest BCUT2D eigenvalue weighted by Gasteiger charge is 2.27. The second-order valence-electron chi connectivity index (χ2n) is 5.93. The largest absolute Gasteiger partial charge is 0.341 e. The van der Waals surface area contributed by atoms with Gasteiger partial charge in [-0.25, -0.2) is 0 Å². The normalized spacial score (nSPS) is 22.1. The highest BCUT2D eigenvalue weighted by atomic mass is 35.5. The number of nitrogens with zero attached hydrogens (tertiary/aromatic N) is 1. The lowest BCUT2D eigenvalue weighted by molar-refractivity contribution is -0.136. The number of nitrogens with two attached hydrogens (primary N) is 1. The van der Waals surface area contributed by atoms with Crippen molar-refractivity contribution in [1.29, 1.82) is 0 Å². The van der Waals surface area contributed by atoms with Gasteiger partial charge >= 0.3 is 0 Å². The molecule has 116 valence electrons. The fourth-order valence-electron chi connectivity index (χ4n) is 3.01. The van der Waals surface area contributed by atoms with Crippen molar-refractivity contribution < 1.29 is 4.79 Å². The third-order valence-electron chi connectivity index (χ3n) is 4.25. The van der Waals surface area contributed by atoms with Gasteiger partial charge in [-0.05, 0) is 61.9 Å². The zero-order valence-corrected chi connectivity index (χ0v) is 13.8. The number of halogens is 2. The van der Waals surface area contributed by atoms with E-state index >= 15 is 0 Å². The van der Waals surface area contributed by atoms with Crippen LogP contribution in [0.5, 0.6) is 0 Å². The van der Waals surface area contributed by atoms with Gasteiger partial charge < -0.3 is 10.6 Å². The molecule has 5 heteroatoms. The van der Waals surface area contributed by atoms with Crippen molar-refractivity contribution in [2.75, 3.05) is 13.6 Å². The highest BCUT2D eigenvalue weighted by molar-refractivity contribution is 6.34. The minimum absolute atomic E-state index is 0.132. The van der Waals surface area contributed by atoms with Crippen molar-refractivity contribution in [3.8, 4) is 0 Å². The number of carbonyl (C=O) groups excluding carboxylic acids is 1. The van der Waals surface area contributed by atoms with Gasteiger partial charge in [0.25, 0.3) is 0 Å². The van der Waals surface area contributed by atoms with Crippen LogP contribution in [0.4, 0.5) is 0 Å². The maximum absolute atomic E-state index is 12.5. The molecule has 0 heterocycles. The van der Waals surface area contributed by atoms with E-state index in [2.05, 4.69) is 0 Å². The fraction of sp³-hybridized carbons (Fsp3) is 0.562. The lowest BCUT2D eigenvalue weighted by atomic mass is 9.81. The standard InChI is InChI=1S/C16H22Cl2N2O/c1-20(10-12-6-14(17)8-15(18)7-12)16(21)13-4-2-11(9-19)3-5-13/h6-8,11,13H,2-5,9-10,19H2,1H3. The van der Waals surface area contributed by atoms with Crippen LogP contribution in [0, 0.1) is 11.8 Å². The Morgan fingerprint density at radius 1 is 1.19 bits per heavy atom. The summed E-state index contributed by atoms with van der Waals surface area (Å²) < 4.78 is 0. The number of hydrogen-bond acceptors (Lipinski definition) is 2. The highest BCUT2D eigenvalue weighted by Crippen LogP contribution is 2.29. The molecule has 0 radical (unpaired) electrons. The summed E-state index contributed by atoms with van der Waals surface area (Å²) >= 11 is 12.0. The van der Waals surface area contributed by atoms with Crippen LogP contribution >= 0.6 is 23.2 Å². The van der Waals surface area contributed by atoms with Gasteiger partial charge in [0.2, 0.25) is 5.91 Å². The summed E-state index contributed by atoms with van der Waals surface area (Å²) in [6.07, 6.45) is 4.01. The molecule has 0 bridgehead atoms. The van der Waals surface area contributed by atoms with E-state index in [0.29, 0.717) is 22.5 Å². The van der Waals surface area contributed by atoms with Crippen LogP contribution in [0.1, 0.15) is 31.2 Å². The molecule has 0 atom stereocenters. The Hall–Kier alpha value is -0.770. The Labute approximate surface area is 136 Å². The van der Waals surface area contributed by atoms with Crippen molar-refractivity contribution in [3.63, 3.8) is 0 Å². The molecule has 1 fully saturated rings. The topological polar surface area (TPSA) is 46.3 Å². The van der Waals surface area contributed by atoms with Gasteiger partial charge in [-0.15, -0.1) is 0 Å². The maximum atomic E-state index is 12.5. The molecule has 21 heavy (non-hydrogen) atoms. The van der Waals surface area contributed by atoms with Gasteiger partial charge in [0.1, 0.15) is 0 Å². The monoisotopic (exact) mass is 328 g/mol. The van der Waals surface area contributed by atoms with Crippen LogP contribution in [-0.2, 0) is 11.3 Å². The molecule has 1 aromatic carbocycles. The Morgan fingerprint density at radius 2 is 1.76 bits per heavy atom. The lowest BCUT2D eigenvalue weighted by Crippen LogP contribution is -2.35. The SMILES string of the molecule is CN(Cc1cc(Cl)cc(Cl)c1)C(=O)C1CCC(CN)CC1. The quantitative estimate of drug-likeness (QED) is 0.915. The number of carbonyl (C=O) groups is 1. The Morgan fingerprint density at radius 3 is 2.29 bits per heavy atom. The number of rotatable bonds is 4.